The highest BCUT2D eigenvalue weighted by Crippen LogP contribution is 2.44. The predicted octanol–water partition coefficient (Wildman–Crippen LogP) is 3.74. The second kappa shape index (κ2) is 8.95. The number of rotatable bonds is 6. The van der Waals surface area contributed by atoms with Crippen LogP contribution in [0.15, 0.2) is 18.3 Å². The average molecular weight is 536 g/mol. The number of amides is 2. The number of carbonyl (C=O) groups is 2. The standard InChI is InChI=1S/C21H19F3N8O4S/c1-8-5-14(32(35)36)29-31(8)10(3)19(34)28-16-15-11(12-7-26-30(4)9(12)2)6-13(21(22,23)24)27-20(15)37-17(16)18(25)33/h5-7,10H,1-4H3,(H2,25,33)(H,28,34). The number of hydrogen-bond donors (Lipinski definition) is 2. The van der Waals surface area contributed by atoms with Crippen LogP contribution in [0.5, 0.6) is 0 Å². The van der Waals surface area contributed by atoms with Crippen molar-refractivity contribution in [3.63, 3.8) is 0 Å². The average Bonchev–Trinajstić information content (AvgIpc) is 3.48. The van der Waals surface area contributed by atoms with Crippen molar-refractivity contribution in [3.8, 4) is 11.1 Å². The minimum Gasteiger partial charge on any atom is -0.365 e. The molecular formula is C21H19F3N8O4S. The molecule has 16 heteroatoms. The van der Waals surface area contributed by atoms with Gasteiger partial charge in [0.2, 0.25) is 0 Å². The Morgan fingerprint density at radius 2 is 1.92 bits per heavy atom. The Hall–Kier alpha value is -4.34. The largest absolute Gasteiger partial charge is 0.433 e. The lowest BCUT2D eigenvalue weighted by molar-refractivity contribution is -0.389. The first kappa shape index (κ1) is 25.7. The number of nitrogens with one attached hydrogen (secondary N) is 1. The SMILES string of the molecule is Cc1c(-c2cc(C(F)(F)F)nc3sc(C(N)=O)c(NC(=O)C(C)n4nc([N+](=O)[O-])cc4C)c23)cnn1C. The number of carbonyl (C=O) groups excluding carboxylic acids is 2. The molecule has 2 amide bonds. The summed E-state index contributed by atoms with van der Waals surface area (Å²) in [6.45, 7) is 4.59. The van der Waals surface area contributed by atoms with E-state index in [0.717, 1.165) is 10.7 Å². The molecule has 0 aliphatic carbocycles. The van der Waals surface area contributed by atoms with Crippen LogP contribution in [0.1, 0.15) is 39.7 Å². The zero-order chi connectivity index (χ0) is 27.4. The molecule has 0 fully saturated rings. The van der Waals surface area contributed by atoms with E-state index < -0.39 is 40.5 Å². The van der Waals surface area contributed by atoms with Crippen molar-refractivity contribution >= 4 is 44.9 Å². The highest BCUT2D eigenvalue weighted by atomic mass is 32.1. The second-order valence-corrected chi connectivity index (χ2v) is 9.18. The first-order valence-electron chi connectivity index (χ1n) is 10.6. The number of primary amides is 1. The van der Waals surface area contributed by atoms with Crippen LogP contribution in [-0.2, 0) is 18.0 Å². The fraction of sp³-hybridized carbons (Fsp3) is 0.286. The molecule has 3 N–H and O–H groups in total. The Kier molecular flexibility index (Phi) is 6.23. The van der Waals surface area contributed by atoms with Crippen LogP contribution in [0, 0.1) is 24.0 Å². The molecule has 0 bridgehead atoms. The number of nitro groups is 1. The highest BCUT2D eigenvalue weighted by molar-refractivity contribution is 7.21. The molecular weight excluding hydrogens is 517 g/mol. The maximum atomic E-state index is 13.7. The van der Waals surface area contributed by atoms with Crippen molar-refractivity contribution in [3.05, 3.63) is 50.4 Å². The van der Waals surface area contributed by atoms with Gasteiger partial charge in [-0.05, 0) is 37.3 Å². The van der Waals surface area contributed by atoms with Crippen molar-refractivity contribution in [1.82, 2.24) is 24.5 Å². The number of hydrogen-bond acceptors (Lipinski definition) is 8. The Bertz CT molecular complexity index is 1590. The van der Waals surface area contributed by atoms with Gasteiger partial charge in [-0.3, -0.25) is 14.3 Å². The number of halogens is 3. The summed E-state index contributed by atoms with van der Waals surface area (Å²) >= 11 is 0.605. The smallest absolute Gasteiger partial charge is 0.365 e. The molecule has 4 heterocycles. The van der Waals surface area contributed by atoms with Crippen molar-refractivity contribution in [2.24, 2.45) is 12.8 Å². The Morgan fingerprint density at radius 1 is 1.24 bits per heavy atom. The van der Waals surface area contributed by atoms with Crippen molar-refractivity contribution < 1.29 is 27.7 Å². The van der Waals surface area contributed by atoms with Crippen LogP contribution in [-0.4, -0.2) is 41.3 Å². The van der Waals surface area contributed by atoms with Crippen LogP contribution < -0.4 is 11.1 Å². The third-order valence-corrected chi connectivity index (χ3v) is 6.89. The maximum Gasteiger partial charge on any atom is 0.433 e. The number of pyridine rings is 1. The van der Waals surface area contributed by atoms with E-state index in [0.29, 0.717) is 28.3 Å². The number of alkyl halides is 3. The summed E-state index contributed by atoms with van der Waals surface area (Å²) in [5.41, 5.74) is 5.41. The van der Waals surface area contributed by atoms with E-state index in [9.17, 15) is 32.9 Å². The summed E-state index contributed by atoms with van der Waals surface area (Å²) < 4.78 is 43.6. The molecule has 1 atom stereocenters. The zero-order valence-electron chi connectivity index (χ0n) is 19.7. The number of nitrogens with two attached hydrogens (primary N) is 1. The van der Waals surface area contributed by atoms with Gasteiger partial charge in [-0.25, -0.2) is 4.98 Å². The minimum absolute atomic E-state index is 0.0422. The van der Waals surface area contributed by atoms with Crippen LogP contribution in [0.2, 0.25) is 0 Å². The van der Waals surface area contributed by atoms with Crippen LogP contribution >= 0.6 is 11.3 Å². The van der Waals surface area contributed by atoms with E-state index >= 15 is 0 Å². The summed E-state index contributed by atoms with van der Waals surface area (Å²) in [5, 5.41) is 21.6. The number of nitrogens with zero attached hydrogens (tertiary/aromatic N) is 6. The monoisotopic (exact) mass is 536 g/mol. The molecule has 0 aliphatic rings. The molecule has 0 saturated carbocycles. The van der Waals surface area contributed by atoms with Crippen molar-refractivity contribution in [2.75, 3.05) is 5.32 Å². The molecule has 0 aromatic carbocycles. The quantitative estimate of drug-likeness (QED) is 0.280. The Balaban J connectivity index is 1.91. The number of anilines is 1. The maximum absolute atomic E-state index is 13.7. The summed E-state index contributed by atoms with van der Waals surface area (Å²) in [4.78, 5) is 39.1. The van der Waals surface area contributed by atoms with E-state index in [-0.39, 0.29) is 26.3 Å². The van der Waals surface area contributed by atoms with Crippen LogP contribution in [0.3, 0.4) is 0 Å². The van der Waals surface area contributed by atoms with Gasteiger partial charge < -0.3 is 21.2 Å². The number of thiophene rings is 1. The van der Waals surface area contributed by atoms with Gasteiger partial charge in [-0.2, -0.15) is 23.0 Å². The van der Waals surface area contributed by atoms with E-state index in [2.05, 4.69) is 20.5 Å². The highest BCUT2D eigenvalue weighted by Gasteiger charge is 2.36. The summed E-state index contributed by atoms with van der Waals surface area (Å²) in [5.74, 6) is -2.19. The Labute approximate surface area is 210 Å². The fourth-order valence-electron chi connectivity index (χ4n) is 3.80. The first-order chi connectivity index (χ1) is 17.2. The lowest BCUT2D eigenvalue weighted by atomic mass is 10.0. The number of aromatic nitrogens is 5. The van der Waals surface area contributed by atoms with Gasteiger partial charge >= 0.3 is 12.0 Å². The normalized spacial score (nSPS) is 12.6. The summed E-state index contributed by atoms with van der Waals surface area (Å²) in [7, 11) is 1.61. The van der Waals surface area contributed by atoms with Gasteiger partial charge in [0.05, 0.1) is 28.7 Å². The van der Waals surface area contributed by atoms with Gasteiger partial charge in [-0.15, -0.1) is 11.3 Å². The summed E-state index contributed by atoms with van der Waals surface area (Å²) in [6, 6.07) is 0.921. The van der Waals surface area contributed by atoms with Gasteiger partial charge in [0.25, 0.3) is 11.8 Å². The van der Waals surface area contributed by atoms with Crippen LogP contribution in [0.4, 0.5) is 24.7 Å². The summed E-state index contributed by atoms with van der Waals surface area (Å²) in [6.07, 6.45) is -3.42. The molecule has 1 unspecified atom stereocenters. The van der Waals surface area contributed by atoms with E-state index in [1.807, 2.05) is 0 Å². The lowest BCUT2D eigenvalue weighted by Gasteiger charge is -2.14. The molecule has 4 rings (SSSR count). The van der Waals surface area contributed by atoms with Gasteiger partial charge in [-0.1, -0.05) is 0 Å². The predicted molar refractivity (Wildman–Crippen MR) is 127 cm³/mol. The molecule has 194 valence electrons. The molecule has 0 aliphatic heterocycles. The fourth-order valence-corrected chi connectivity index (χ4v) is 4.81. The molecule has 12 nitrogen and oxygen atoms in total. The molecule has 0 saturated heterocycles. The minimum atomic E-state index is -4.79. The lowest BCUT2D eigenvalue weighted by Crippen LogP contribution is -2.26. The third-order valence-electron chi connectivity index (χ3n) is 5.79. The molecule has 4 aromatic rings. The van der Waals surface area contributed by atoms with E-state index in [1.165, 1.54) is 30.8 Å². The number of fused-ring (bicyclic) bond motifs is 1. The molecule has 0 spiro atoms. The van der Waals surface area contributed by atoms with E-state index in [4.69, 9.17) is 5.73 Å². The van der Waals surface area contributed by atoms with E-state index in [1.54, 1.807) is 14.0 Å². The van der Waals surface area contributed by atoms with Crippen LogP contribution in [0.25, 0.3) is 21.3 Å². The molecule has 4 aromatic heterocycles. The first-order valence-corrected chi connectivity index (χ1v) is 11.4. The van der Waals surface area contributed by atoms with Gasteiger partial charge in [0.15, 0.2) is 0 Å². The van der Waals surface area contributed by atoms with Crippen molar-refractivity contribution in [1.29, 1.82) is 0 Å². The topological polar surface area (TPSA) is 164 Å². The number of aryl methyl sites for hydroxylation is 2. The molecule has 0 radical (unpaired) electrons. The molecule has 37 heavy (non-hydrogen) atoms. The zero-order valence-corrected chi connectivity index (χ0v) is 20.6. The Morgan fingerprint density at radius 3 is 2.43 bits per heavy atom. The third kappa shape index (κ3) is 4.50. The van der Waals surface area contributed by atoms with Gasteiger partial charge in [0.1, 0.15) is 21.4 Å². The van der Waals surface area contributed by atoms with Gasteiger partial charge in [0, 0.05) is 23.7 Å². The second-order valence-electron chi connectivity index (χ2n) is 8.18. The van der Waals surface area contributed by atoms with Crippen molar-refractivity contribution in [2.45, 2.75) is 33.0 Å².